The molecular weight excluding hydrogens is 359 g/mol. The van der Waals surface area contributed by atoms with Gasteiger partial charge >= 0.3 is 0 Å². The van der Waals surface area contributed by atoms with Gasteiger partial charge in [-0.2, -0.15) is 0 Å². The highest BCUT2D eigenvalue weighted by molar-refractivity contribution is 14.1. The molecule has 0 aromatic heterocycles. The van der Waals surface area contributed by atoms with E-state index in [2.05, 4.69) is 65.6 Å². The molecule has 2 N–H and O–H groups in total. The third-order valence-corrected chi connectivity index (χ3v) is 5.26. The largest absolute Gasteiger partial charge is 0.328 e. The highest BCUT2D eigenvalue weighted by atomic mass is 127. The fourth-order valence-electron chi connectivity index (χ4n) is 3.32. The van der Waals surface area contributed by atoms with Gasteiger partial charge < -0.3 is 5.73 Å². The van der Waals surface area contributed by atoms with Crippen LogP contribution in [-0.2, 0) is 0 Å². The molecule has 1 saturated carbocycles. The van der Waals surface area contributed by atoms with Crippen molar-refractivity contribution >= 4 is 22.6 Å². The number of halogens is 1. The number of nitrogens with zero attached hydrogens (tertiary/aromatic N) is 1. The Morgan fingerprint density at radius 3 is 2.35 bits per heavy atom. The van der Waals surface area contributed by atoms with Crippen molar-refractivity contribution in [2.45, 2.75) is 64.1 Å². The van der Waals surface area contributed by atoms with Gasteiger partial charge in [0.2, 0.25) is 0 Å². The fraction of sp³-hybridized carbons (Fsp3) is 0.647. The van der Waals surface area contributed by atoms with Crippen LogP contribution < -0.4 is 5.73 Å². The van der Waals surface area contributed by atoms with Gasteiger partial charge in [-0.1, -0.05) is 19.1 Å². The molecule has 1 aliphatic carbocycles. The van der Waals surface area contributed by atoms with Crippen molar-refractivity contribution in [2.75, 3.05) is 6.54 Å². The van der Waals surface area contributed by atoms with Crippen molar-refractivity contribution in [3.63, 3.8) is 0 Å². The number of rotatable bonds is 5. The zero-order chi connectivity index (χ0) is 14.5. The summed E-state index contributed by atoms with van der Waals surface area (Å²) in [6.45, 7) is 5.82. The molecule has 112 valence electrons. The van der Waals surface area contributed by atoms with Crippen LogP contribution in [0.3, 0.4) is 0 Å². The number of benzene rings is 1. The smallest absolute Gasteiger partial charge is 0.0322 e. The van der Waals surface area contributed by atoms with Gasteiger partial charge in [-0.3, -0.25) is 4.90 Å². The van der Waals surface area contributed by atoms with Crippen LogP contribution in [0.1, 0.15) is 57.6 Å². The van der Waals surface area contributed by atoms with Crippen molar-refractivity contribution in [1.29, 1.82) is 0 Å². The van der Waals surface area contributed by atoms with Gasteiger partial charge in [0.25, 0.3) is 0 Å². The Morgan fingerprint density at radius 1 is 1.20 bits per heavy atom. The minimum atomic E-state index is 0.434. The van der Waals surface area contributed by atoms with Gasteiger partial charge in [-0.05, 0) is 85.9 Å². The molecule has 0 amide bonds. The normalized spacial score (nSPS) is 24.9. The minimum Gasteiger partial charge on any atom is -0.328 e. The maximum Gasteiger partial charge on any atom is 0.0322 e. The standard InChI is InChI=1S/C17H27IN2/c1-3-12-20(17-10-8-16(19)9-11-17)13(2)14-4-6-15(18)7-5-14/h4-7,13,16-17H,3,8-12,19H2,1-2H3. The highest BCUT2D eigenvalue weighted by Gasteiger charge is 2.27. The lowest BCUT2D eigenvalue weighted by Crippen LogP contribution is -2.42. The van der Waals surface area contributed by atoms with Gasteiger partial charge in [0.1, 0.15) is 0 Å². The molecule has 3 heteroatoms. The number of hydrogen-bond acceptors (Lipinski definition) is 2. The van der Waals surface area contributed by atoms with Crippen LogP contribution >= 0.6 is 22.6 Å². The van der Waals surface area contributed by atoms with E-state index in [1.807, 2.05) is 0 Å². The summed E-state index contributed by atoms with van der Waals surface area (Å²) in [5.41, 5.74) is 7.49. The summed E-state index contributed by atoms with van der Waals surface area (Å²) in [5, 5.41) is 0. The Hall–Kier alpha value is -0.130. The first-order chi connectivity index (χ1) is 9.61. The van der Waals surface area contributed by atoms with Crippen LogP contribution in [0, 0.1) is 3.57 Å². The summed E-state index contributed by atoms with van der Waals surface area (Å²) in [7, 11) is 0. The molecule has 1 aromatic rings. The summed E-state index contributed by atoms with van der Waals surface area (Å²) in [6.07, 6.45) is 6.11. The van der Waals surface area contributed by atoms with E-state index in [4.69, 9.17) is 5.73 Å². The zero-order valence-corrected chi connectivity index (χ0v) is 14.8. The summed E-state index contributed by atoms with van der Waals surface area (Å²) >= 11 is 2.37. The predicted octanol–water partition coefficient (Wildman–Crippen LogP) is 4.33. The summed E-state index contributed by atoms with van der Waals surface area (Å²) in [5.74, 6) is 0. The number of nitrogens with two attached hydrogens (primary N) is 1. The molecule has 2 rings (SSSR count). The molecule has 0 saturated heterocycles. The molecule has 1 atom stereocenters. The molecule has 0 aliphatic heterocycles. The Bertz CT molecular complexity index is 396. The van der Waals surface area contributed by atoms with Crippen LogP contribution in [0.4, 0.5) is 0 Å². The molecule has 0 heterocycles. The lowest BCUT2D eigenvalue weighted by molar-refractivity contribution is 0.107. The first kappa shape index (κ1) is 16.2. The summed E-state index contributed by atoms with van der Waals surface area (Å²) in [4.78, 5) is 2.70. The van der Waals surface area contributed by atoms with Crippen LogP contribution in [0.5, 0.6) is 0 Å². The Labute approximate surface area is 137 Å². The van der Waals surface area contributed by atoms with Crippen molar-refractivity contribution < 1.29 is 0 Å². The van der Waals surface area contributed by atoms with E-state index in [1.165, 1.54) is 47.8 Å². The second-order valence-electron chi connectivity index (χ2n) is 6.03. The minimum absolute atomic E-state index is 0.434. The average molecular weight is 386 g/mol. The second-order valence-corrected chi connectivity index (χ2v) is 7.28. The third-order valence-electron chi connectivity index (χ3n) is 4.54. The third kappa shape index (κ3) is 4.18. The van der Waals surface area contributed by atoms with Crippen molar-refractivity contribution in [1.82, 2.24) is 4.90 Å². The molecule has 1 aromatic carbocycles. The molecule has 1 aliphatic rings. The van der Waals surface area contributed by atoms with E-state index in [9.17, 15) is 0 Å². The molecule has 2 nitrogen and oxygen atoms in total. The topological polar surface area (TPSA) is 29.3 Å². The maximum atomic E-state index is 6.06. The van der Waals surface area contributed by atoms with Gasteiger partial charge in [-0.25, -0.2) is 0 Å². The van der Waals surface area contributed by atoms with Crippen LogP contribution in [0.25, 0.3) is 0 Å². The van der Waals surface area contributed by atoms with Gasteiger partial charge in [0.05, 0.1) is 0 Å². The zero-order valence-electron chi connectivity index (χ0n) is 12.7. The summed E-state index contributed by atoms with van der Waals surface area (Å²) < 4.78 is 1.31. The van der Waals surface area contributed by atoms with Crippen LogP contribution in [0.2, 0.25) is 0 Å². The molecule has 0 radical (unpaired) electrons. The predicted molar refractivity (Wildman–Crippen MR) is 94.8 cm³/mol. The molecular formula is C17H27IN2. The van der Waals surface area contributed by atoms with Gasteiger partial charge in [-0.15, -0.1) is 0 Å². The van der Waals surface area contributed by atoms with Crippen LogP contribution in [-0.4, -0.2) is 23.5 Å². The number of hydrogen-bond donors (Lipinski definition) is 1. The first-order valence-corrected chi connectivity index (χ1v) is 8.96. The average Bonchev–Trinajstić information content (AvgIpc) is 2.46. The lowest BCUT2D eigenvalue weighted by Gasteiger charge is -2.40. The SMILES string of the molecule is CCCN(C1CCC(N)CC1)C(C)c1ccc(I)cc1. The van der Waals surface area contributed by atoms with E-state index in [0.717, 1.165) is 0 Å². The van der Waals surface area contributed by atoms with E-state index in [0.29, 0.717) is 18.1 Å². The monoisotopic (exact) mass is 386 g/mol. The van der Waals surface area contributed by atoms with E-state index in [-0.39, 0.29) is 0 Å². The molecule has 0 bridgehead atoms. The van der Waals surface area contributed by atoms with E-state index in [1.54, 1.807) is 0 Å². The van der Waals surface area contributed by atoms with Crippen LogP contribution in [0.15, 0.2) is 24.3 Å². The highest BCUT2D eigenvalue weighted by Crippen LogP contribution is 2.30. The fourth-order valence-corrected chi connectivity index (χ4v) is 3.68. The Kier molecular flexibility index (Phi) is 6.30. The quantitative estimate of drug-likeness (QED) is 0.764. The summed E-state index contributed by atoms with van der Waals surface area (Å²) in [6, 6.07) is 10.6. The molecule has 20 heavy (non-hydrogen) atoms. The molecule has 1 fully saturated rings. The first-order valence-electron chi connectivity index (χ1n) is 7.88. The van der Waals surface area contributed by atoms with E-state index >= 15 is 0 Å². The van der Waals surface area contributed by atoms with Crippen molar-refractivity contribution in [3.05, 3.63) is 33.4 Å². The second kappa shape index (κ2) is 7.76. The van der Waals surface area contributed by atoms with Crippen molar-refractivity contribution in [2.24, 2.45) is 5.73 Å². The molecule has 1 unspecified atom stereocenters. The van der Waals surface area contributed by atoms with Gasteiger partial charge in [0, 0.05) is 21.7 Å². The van der Waals surface area contributed by atoms with Crippen molar-refractivity contribution in [3.8, 4) is 0 Å². The maximum absolute atomic E-state index is 6.06. The Balaban J connectivity index is 2.08. The molecule has 0 spiro atoms. The van der Waals surface area contributed by atoms with E-state index < -0.39 is 0 Å². The van der Waals surface area contributed by atoms with Gasteiger partial charge in [0.15, 0.2) is 0 Å². The Morgan fingerprint density at radius 2 is 1.80 bits per heavy atom. The lowest BCUT2D eigenvalue weighted by atomic mass is 9.89.